The van der Waals surface area contributed by atoms with E-state index in [2.05, 4.69) is 10.3 Å². The van der Waals surface area contributed by atoms with E-state index in [9.17, 15) is 4.79 Å². The highest BCUT2D eigenvalue weighted by Gasteiger charge is 2.02. The van der Waals surface area contributed by atoms with Gasteiger partial charge in [-0.05, 0) is 24.3 Å². The number of benzene rings is 1. The van der Waals surface area contributed by atoms with Crippen molar-refractivity contribution in [3.8, 4) is 6.07 Å². The average molecular weight is 294 g/mol. The van der Waals surface area contributed by atoms with Crippen LogP contribution in [0.15, 0.2) is 48.1 Å². The van der Waals surface area contributed by atoms with Gasteiger partial charge in [-0.3, -0.25) is 9.20 Å². The molecule has 0 saturated carbocycles. The lowest BCUT2D eigenvalue weighted by atomic mass is 10.2. The molecule has 0 atom stereocenters. The number of hydrogen-bond donors (Lipinski definition) is 1. The average Bonchev–Trinajstić information content (AvgIpc) is 3.09. The molecule has 1 aromatic carbocycles. The monoisotopic (exact) mass is 294 g/mol. The van der Waals surface area contributed by atoms with Crippen LogP contribution in [-0.4, -0.2) is 15.3 Å². The quantitative estimate of drug-likeness (QED) is 0.755. The summed E-state index contributed by atoms with van der Waals surface area (Å²) < 4.78 is 1.91. The fraction of sp³-hybridized carbons (Fsp3) is 0. The van der Waals surface area contributed by atoms with Crippen LogP contribution in [0.1, 0.15) is 11.3 Å². The summed E-state index contributed by atoms with van der Waals surface area (Å²) in [6, 6.07) is 8.81. The molecule has 0 radical (unpaired) electrons. The zero-order chi connectivity index (χ0) is 14.7. The molecule has 3 aromatic rings. The topological polar surface area (TPSA) is 70.2 Å². The van der Waals surface area contributed by atoms with Crippen LogP contribution in [0.3, 0.4) is 0 Å². The summed E-state index contributed by atoms with van der Waals surface area (Å²) in [7, 11) is 0. The predicted molar refractivity (Wildman–Crippen MR) is 81.9 cm³/mol. The van der Waals surface area contributed by atoms with Crippen molar-refractivity contribution in [2.24, 2.45) is 0 Å². The number of carbonyl (C=O) groups excluding carboxylic acids is 1. The van der Waals surface area contributed by atoms with Crippen LogP contribution in [-0.2, 0) is 4.79 Å². The standard InChI is InChI=1S/C15H10N4OS/c16-9-11-2-1-3-12(8-11)18-14(20)5-4-13-10-17-15-19(13)6-7-21-15/h1-8,10H,(H,18,20)/b5-4+. The minimum absolute atomic E-state index is 0.254. The minimum atomic E-state index is -0.254. The number of nitriles is 1. The van der Waals surface area contributed by atoms with Gasteiger partial charge in [0.1, 0.15) is 0 Å². The largest absolute Gasteiger partial charge is 0.322 e. The zero-order valence-electron chi connectivity index (χ0n) is 10.9. The first kappa shape index (κ1) is 13.1. The second-order valence-corrected chi connectivity index (χ2v) is 5.13. The number of hydrogen-bond acceptors (Lipinski definition) is 4. The van der Waals surface area contributed by atoms with Crippen molar-refractivity contribution < 1.29 is 4.79 Å². The summed E-state index contributed by atoms with van der Waals surface area (Å²) >= 11 is 1.54. The zero-order valence-corrected chi connectivity index (χ0v) is 11.7. The molecule has 0 bridgehead atoms. The van der Waals surface area contributed by atoms with E-state index in [1.165, 1.54) is 17.4 Å². The lowest BCUT2D eigenvalue weighted by Gasteiger charge is -2.01. The van der Waals surface area contributed by atoms with Crippen molar-refractivity contribution >= 4 is 34.0 Å². The number of amides is 1. The van der Waals surface area contributed by atoms with E-state index in [-0.39, 0.29) is 5.91 Å². The Balaban J connectivity index is 1.73. The summed E-state index contributed by atoms with van der Waals surface area (Å²) in [5.41, 5.74) is 1.94. The lowest BCUT2D eigenvalue weighted by Crippen LogP contribution is -2.07. The van der Waals surface area contributed by atoms with Gasteiger partial charge in [0.15, 0.2) is 4.96 Å². The van der Waals surface area contributed by atoms with Gasteiger partial charge in [-0.2, -0.15) is 5.26 Å². The Morgan fingerprint density at radius 3 is 3.24 bits per heavy atom. The van der Waals surface area contributed by atoms with E-state index in [1.54, 1.807) is 36.5 Å². The third-order valence-corrected chi connectivity index (χ3v) is 3.61. The van der Waals surface area contributed by atoms with Gasteiger partial charge in [0.25, 0.3) is 0 Å². The lowest BCUT2D eigenvalue weighted by molar-refractivity contribution is -0.111. The van der Waals surface area contributed by atoms with E-state index in [0.29, 0.717) is 11.3 Å². The van der Waals surface area contributed by atoms with E-state index in [1.807, 2.05) is 22.0 Å². The highest BCUT2D eigenvalue weighted by molar-refractivity contribution is 7.15. The van der Waals surface area contributed by atoms with E-state index in [0.717, 1.165) is 10.7 Å². The minimum Gasteiger partial charge on any atom is -0.322 e. The number of rotatable bonds is 3. The summed E-state index contributed by atoms with van der Waals surface area (Å²) in [4.78, 5) is 17.0. The van der Waals surface area contributed by atoms with Gasteiger partial charge in [-0.25, -0.2) is 4.98 Å². The molecule has 2 aromatic heterocycles. The molecule has 0 aliphatic heterocycles. The van der Waals surface area contributed by atoms with Crippen molar-refractivity contribution in [2.45, 2.75) is 0 Å². The Morgan fingerprint density at radius 2 is 2.38 bits per heavy atom. The second kappa shape index (κ2) is 5.61. The summed E-state index contributed by atoms with van der Waals surface area (Å²) in [6.45, 7) is 0. The molecule has 0 saturated heterocycles. The number of anilines is 1. The Kier molecular flexibility index (Phi) is 3.50. The first-order chi connectivity index (χ1) is 10.3. The molecular weight excluding hydrogens is 284 g/mol. The van der Waals surface area contributed by atoms with Gasteiger partial charge < -0.3 is 5.32 Å². The highest BCUT2D eigenvalue weighted by atomic mass is 32.1. The van der Waals surface area contributed by atoms with Crippen molar-refractivity contribution in [1.82, 2.24) is 9.38 Å². The van der Waals surface area contributed by atoms with Gasteiger partial charge in [-0.1, -0.05) is 6.07 Å². The number of thiazole rings is 1. The number of nitrogens with zero attached hydrogens (tertiary/aromatic N) is 3. The maximum absolute atomic E-state index is 11.9. The molecule has 102 valence electrons. The van der Waals surface area contributed by atoms with Gasteiger partial charge in [-0.15, -0.1) is 11.3 Å². The van der Waals surface area contributed by atoms with Crippen LogP contribution < -0.4 is 5.32 Å². The maximum atomic E-state index is 11.9. The fourth-order valence-corrected chi connectivity index (χ4v) is 2.58. The predicted octanol–water partition coefficient (Wildman–Crippen LogP) is 2.92. The SMILES string of the molecule is N#Cc1cccc(NC(=O)/C=C/c2cnc3sccn23)c1. The molecule has 0 aliphatic carbocycles. The van der Waals surface area contributed by atoms with Crippen LogP contribution in [0.25, 0.3) is 11.0 Å². The van der Waals surface area contributed by atoms with Gasteiger partial charge >= 0.3 is 0 Å². The van der Waals surface area contributed by atoms with Crippen LogP contribution in [0.5, 0.6) is 0 Å². The molecule has 5 nitrogen and oxygen atoms in total. The van der Waals surface area contributed by atoms with Crippen molar-refractivity contribution in [3.63, 3.8) is 0 Å². The molecule has 0 unspecified atom stereocenters. The van der Waals surface area contributed by atoms with Crippen LogP contribution in [0.2, 0.25) is 0 Å². The van der Waals surface area contributed by atoms with Crippen molar-refractivity contribution in [3.05, 3.63) is 59.4 Å². The number of carbonyl (C=O) groups is 1. The molecule has 0 fully saturated rings. The van der Waals surface area contributed by atoms with E-state index in [4.69, 9.17) is 5.26 Å². The van der Waals surface area contributed by atoms with Gasteiger partial charge in [0, 0.05) is 23.3 Å². The third-order valence-electron chi connectivity index (χ3n) is 2.84. The molecular formula is C15H10N4OS. The first-order valence-corrected chi connectivity index (χ1v) is 7.04. The Hall–Kier alpha value is -2.91. The van der Waals surface area contributed by atoms with Crippen LogP contribution >= 0.6 is 11.3 Å². The fourth-order valence-electron chi connectivity index (χ4n) is 1.88. The molecule has 3 rings (SSSR count). The first-order valence-electron chi connectivity index (χ1n) is 6.16. The van der Waals surface area contributed by atoms with Gasteiger partial charge in [0.2, 0.25) is 5.91 Å². The Morgan fingerprint density at radius 1 is 1.48 bits per heavy atom. The van der Waals surface area contributed by atoms with E-state index < -0.39 is 0 Å². The summed E-state index contributed by atoms with van der Waals surface area (Å²) in [6.07, 6.45) is 6.77. The molecule has 2 heterocycles. The number of aromatic nitrogens is 2. The molecule has 0 spiro atoms. The van der Waals surface area contributed by atoms with E-state index >= 15 is 0 Å². The second-order valence-electron chi connectivity index (χ2n) is 4.25. The van der Waals surface area contributed by atoms with Gasteiger partial charge in [0.05, 0.1) is 23.5 Å². The smallest absolute Gasteiger partial charge is 0.248 e. The van der Waals surface area contributed by atoms with Crippen molar-refractivity contribution in [2.75, 3.05) is 5.32 Å². The van der Waals surface area contributed by atoms with Crippen LogP contribution in [0.4, 0.5) is 5.69 Å². The highest BCUT2D eigenvalue weighted by Crippen LogP contribution is 2.14. The van der Waals surface area contributed by atoms with Crippen LogP contribution in [0, 0.1) is 11.3 Å². The Bertz CT molecular complexity index is 869. The maximum Gasteiger partial charge on any atom is 0.248 e. The van der Waals surface area contributed by atoms with Crippen molar-refractivity contribution in [1.29, 1.82) is 5.26 Å². The molecule has 0 aliphatic rings. The molecule has 21 heavy (non-hydrogen) atoms. The summed E-state index contributed by atoms with van der Waals surface area (Å²) in [5, 5.41) is 13.5. The Labute approximate surface area is 124 Å². The molecule has 1 amide bonds. The number of imidazole rings is 1. The summed E-state index contributed by atoms with van der Waals surface area (Å²) in [5.74, 6) is -0.254. The number of fused-ring (bicyclic) bond motifs is 1. The number of nitrogens with one attached hydrogen (secondary N) is 1. The third kappa shape index (κ3) is 2.83. The molecule has 6 heteroatoms. The normalized spacial score (nSPS) is 10.8. The molecule has 1 N–H and O–H groups in total.